The highest BCUT2D eigenvalue weighted by Gasteiger charge is 2.25. The van der Waals surface area contributed by atoms with Crippen LogP contribution in [-0.2, 0) is 0 Å². The van der Waals surface area contributed by atoms with Gasteiger partial charge in [0.25, 0.3) is 0 Å². The quantitative estimate of drug-likeness (QED) is 0.738. The summed E-state index contributed by atoms with van der Waals surface area (Å²) in [5, 5.41) is 0.758. The zero-order valence-electron chi connectivity index (χ0n) is 11.0. The summed E-state index contributed by atoms with van der Waals surface area (Å²) in [7, 11) is 1.58. The Morgan fingerprint density at radius 1 is 1.26 bits per heavy atom. The van der Waals surface area contributed by atoms with Crippen LogP contribution in [0.2, 0.25) is 0 Å². The van der Waals surface area contributed by atoms with Crippen LogP contribution in [-0.4, -0.2) is 12.7 Å². The van der Waals surface area contributed by atoms with Gasteiger partial charge in [-0.15, -0.1) is 0 Å². The molecule has 0 bridgehead atoms. The number of benzene rings is 1. The van der Waals surface area contributed by atoms with E-state index in [2.05, 4.69) is 0 Å². The van der Waals surface area contributed by atoms with Crippen LogP contribution in [0.1, 0.15) is 19.4 Å². The lowest BCUT2D eigenvalue weighted by atomic mass is 10.0. The van der Waals surface area contributed by atoms with Gasteiger partial charge in [0.1, 0.15) is 17.1 Å². The lowest BCUT2D eigenvalue weighted by molar-refractivity contribution is 0.158. The van der Waals surface area contributed by atoms with Crippen molar-refractivity contribution >= 4 is 17.0 Å². The zero-order valence-corrected chi connectivity index (χ0v) is 11.0. The highest BCUT2D eigenvalue weighted by atomic mass is 16.5. The lowest BCUT2D eigenvalue weighted by Crippen LogP contribution is -2.27. The molecule has 3 rings (SSSR count). The third-order valence-electron chi connectivity index (χ3n) is 3.12. The fourth-order valence-corrected chi connectivity index (χ4v) is 2.21. The van der Waals surface area contributed by atoms with Gasteiger partial charge in [-0.2, -0.15) is 0 Å². The molecule has 0 fully saturated rings. The van der Waals surface area contributed by atoms with E-state index in [4.69, 9.17) is 13.9 Å². The van der Waals surface area contributed by atoms with E-state index in [1.807, 2.05) is 32.1 Å². The van der Waals surface area contributed by atoms with Gasteiger partial charge in [-0.05, 0) is 32.1 Å². The van der Waals surface area contributed by atoms with E-state index in [1.165, 1.54) is 6.07 Å². The molecule has 0 amide bonds. The number of ether oxygens (including phenoxy) is 2. The van der Waals surface area contributed by atoms with E-state index >= 15 is 0 Å². The Morgan fingerprint density at radius 2 is 2.05 bits per heavy atom. The van der Waals surface area contributed by atoms with E-state index in [0.29, 0.717) is 17.1 Å². The molecular weight excluding hydrogens is 244 g/mol. The van der Waals surface area contributed by atoms with Crippen LogP contribution in [0, 0.1) is 0 Å². The van der Waals surface area contributed by atoms with Crippen molar-refractivity contribution in [1.29, 1.82) is 0 Å². The topological polar surface area (TPSA) is 48.7 Å². The van der Waals surface area contributed by atoms with E-state index < -0.39 is 0 Å². The number of methoxy groups -OCH3 is 1. The van der Waals surface area contributed by atoms with Gasteiger partial charge < -0.3 is 13.9 Å². The normalized spacial score (nSPS) is 15.9. The second kappa shape index (κ2) is 3.88. The molecule has 0 N–H and O–H groups in total. The molecule has 2 aromatic rings. The Hall–Kier alpha value is -2.23. The fourth-order valence-electron chi connectivity index (χ4n) is 2.21. The maximum Gasteiger partial charge on any atom is 0.336 e. The molecule has 1 aliphatic heterocycles. The molecule has 0 saturated carbocycles. The summed E-state index contributed by atoms with van der Waals surface area (Å²) in [4.78, 5) is 11.4. The van der Waals surface area contributed by atoms with Crippen LogP contribution in [0.4, 0.5) is 0 Å². The summed E-state index contributed by atoms with van der Waals surface area (Å²) < 4.78 is 16.5. The summed E-state index contributed by atoms with van der Waals surface area (Å²) in [5.41, 5.74) is 0.489. The van der Waals surface area contributed by atoms with E-state index in [1.54, 1.807) is 13.2 Å². The molecule has 0 radical (unpaired) electrons. The highest BCUT2D eigenvalue weighted by Crippen LogP contribution is 2.40. The van der Waals surface area contributed by atoms with Crippen LogP contribution in [0.3, 0.4) is 0 Å². The minimum absolute atomic E-state index is 0.388. The number of hydrogen-bond donors (Lipinski definition) is 0. The minimum Gasteiger partial charge on any atom is -0.496 e. The largest absolute Gasteiger partial charge is 0.496 e. The first kappa shape index (κ1) is 11.8. The Kier molecular flexibility index (Phi) is 2.42. The van der Waals surface area contributed by atoms with Crippen molar-refractivity contribution in [2.45, 2.75) is 19.4 Å². The van der Waals surface area contributed by atoms with Gasteiger partial charge in [-0.25, -0.2) is 4.79 Å². The van der Waals surface area contributed by atoms with Gasteiger partial charge in [-0.1, -0.05) is 0 Å². The third kappa shape index (κ3) is 1.89. The Balaban J connectivity index is 2.38. The smallest absolute Gasteiger partial charge is 0.336 e. The van der Waals surface area contributed by atoms with Gasteiger partial charge in [0.15, 0.2) is 5.58 Å². The van der Waals surface area contributed by atoms with Crippen LogP contribution in [0.25, 0.3) is 17.0 Å². The maximum atomic E-state index is 11.4. The van der Waals surface area contributed by atoms with Crippen molar-refractivity contribution in [2.24, 2.45) is 0 Å². The monoisotopic (exact) mass is 258 g/mol. The molecule has 0 unspecified atom stereocenters. The van der Waals surface area contributed by atoms with Crippen LogP contribution < -0.4 is 15.1 Å². The molecule has 0 atom stereocenters. The lowest BCUT2D eigenvalue weighted by Gasteiger charge is -2.28. The molecule has 0 saturated heterocycles. The highest BCUT2D eigenvalue weighted by molar-refractivity contribution is 5.93. The van der Waals surface area contributed by atoms with Crippen molar-refractivity contribution in [3.05, 3.63) is 40.3 Å². The van der Waals surface area contributed by atoms with Gasteiger partial charge in [-0.3, -0.25) is 0 Å². The Labute approximate surface area is 110 Å². The zero-order chi connectivity index (χ0) is 13.6. The van der Waals surface area contributed by atoms with Gasteiger partial charge >= 0.3 is 5.63 Å². The molecule has 19 heavy (non-hydrogen) atoms. The molecular formula is C15H14O4. The summed E-state index contributed by atoms with van der Waals surface area (Å²) in [5.74, 6) is 1.29. The van der Waals surface area contributed by atoms with E-state index in [-0.39, 0.29) is 11.2 Å². The number of fused-ring (bicyclic) bond motifs is 3. The van der Waals surface area contributed by atoms with E-state index in [9.17, 15) is 4.79 Å². The minimum atomic E-state index is -0.388. The van der Waals surface area contributed by atoms with Gasteiger partial charge in [0, 0.05) is 12.1 Å². The Bertz CT molecular complexity index is 738. The molecule has 4 heteroatoms. The molecule has 1 aromatic carbocycles. The number of hydrogen-bond acceptors (Lipinski definition) is 4. The first-order valence-electron chi connectivity index (χ1n) is 6.03. The van der Waals surface area contributed by atoms with Crippen LogP contribution in [0.5, 0.6) is 11.5 Å². The maximum absolute atomic E-state index is 11.4. The SMILES string of the molecule is COc1cc2c(c3oc(=O)ccc13)C=CC(C)(C)O2. The van der Waals surface area contributed by atoms with Crippen LogP contribution >= 0.6 is 0 Å². The summed E-state index contributed by atoms with van der Waals surface area (Å²) in [6.07, 6.45) is 3.86. The predicted octanol–water partition coefficient (Wildman–Crippen LogP) is 2.99. The third-order valence-corrected chi connectivity index (χ3v) is 3.12. The number of rotatable bonds is 1. The molecule has 4 nitrogen and oxygen atoms in total. The molecule has 1 aromatic heterocycles. The van der Waals surface area contributed by atoms with Crippen LogP contribution in [0.15, 0.2) is 33.5 Å². The first-order valence-corrected chi connectivity index (χ1v) is 6.03. The standard InChI is InChI=1S/C15H14O4/c1-15(2)7-6-10-12(19-15)8-11(17-3)9-4-5-13(16)18-14(9)10/h4-8H,1-3H3. The summed E-state index contributed by atoms with van der Waals surface area (Å²) >= 11 is 0. The molecule has 0 aliphatic carbocycles. The second-order valence-electron chi connectivity index (χ2n) is 5.03. The van der Waals surface area contributed by atoms with Gasteiger partial charge in [0.05, 0.1) is 18.1 Å². The Morgan fingerprint density at radius 3 is 2.79 bits per heavy atom. The molecule has 2 heterocycles. The average Bonchev–Trinajstić information content (AvgIpc) is 2.36. The predicted molar refractivity (Wildman–Crippen MR) is 72.8 cm³/mol. The van der Waals surface area contributed by atoms with Crippen molar-refractivity contribution < 1.29 is 13.9 Å². The molecule has 98 valence electrons. The fraction of sp³-hybridized carbons (Fsp3) is 0.267. The van der Waals surface area contributed by atoms with Crippen molar-refractivity contribution in [3.8, 4) is 11.5 Å². The second-order valence-corrected chi connectivity index (χ2v) is 5.03. The van der Waals surface area contributed by atoms with Crippen molar-refractivity contribution in [3.63, 3.8) is 0 Å². The van der Waals surface area contributed by atoms with E-state index in [0.717, 1.165) is 10.9 Å². The van der Waals surface area contributed by atoms with Gasteiger partial charge in [0.2, 0.25) is 0 Å². The summed E-state index contributed by atoms with van der Waals surface area (Å²) in [6.45, 7) is 3.93. The molecule has 1 aliphatic rings. The first-order chi connectivity index (χ1) is 9.00. The summed E-state index contributed by atoms with van der Waals surface area (Å²) in [6, 6.07) is 4.91. The molecule has 0 spiro atoms. The average molecular weight is 258 g/mol. The van der Waals surface area contributed by atoms with Crippen molar-refractivity contribution in [1.82, 2.24) is 0 Å². The van der Waals surface area contributed by atoms with Crippen molar-refractivity contribution in [2.75, 3.05) is 7.11 Å².